The van der Waals surface area contributed by atoms with Crippen molar-refractivity contribution in [3.05, 3.63) is 187 Å². The Bertz CT molecular complexity index is 2780. The molecule has 5 heteroatoms. The smallest absolute Gasteiger partial charge is 0.269 e. The number of ether oxygens (including phenoxy) is 1. The topological polar surface area (TPSA) is 35.9 Å². The van der Waals surface area contributed by atoms with E-state index in [4.69, 9.17) is 9.72 Å². The van der Waals surface area contributed by atoms with Gasteiger partial charge in [0.05, 0.1) is 33.8 Å². The zero-order chi connectivity index (χ0) is 37.7. The number of aromatic nitrogens is 4. The summed E-state index contributed by atoms with van der Waals surface area (Å²) in [6, 6.07) is 55.3. The molecule has 55 heavy (non-hydrogen) atoms. The zero-order valence-electron chi connectivity index (χ0n) is 31.8. The van der Waals surface area contributed by atoms with Gasteiger partial charge in [-0.05, 0) is 114 Å². The fourth-order valence-corrected chi connectivity index (χ4v) is 7.50. The van der Waals surface area contributed by atoms with Crippen LogP contribution in [0.4, 0.5) is 0 Å². The van der Waals surface area contributed by atoms with Gasteiger partial charge in [-0.2, -0.15) is 0 Å². The van der Waals surface area contributed by atoms with Gasteiger partial charge in [-0.15, -0.1) is 0 Å². The van der Waals surface area contributed by atoms with Crippen LogP contribution in [0.25, 0.3) is 61.3 Å². The number of fused-ring (bicyclic) bond motifs is 3. The largest absolute Gasteiger partial charge is 0.458 e. The molecule has 0 aliphatic heterocycles. The minimum atomic E-state index is 0.000349. The third kappa shape index (κ3) is 6.38. The Morgan fingerprint density at radius 3 is 1.95 bits per heavy atom. The van der Waals surface area contributed by atoms with Crippen LogP contribution in [-0.2, 0) is 5.41 Å². The maximum atomic E-state index is 6.64. The van der Waals surface area contributed by atoms with Crippen molar-refractivity contribution in [2.45, 2.75) is 40.0 Å². The molecule has 268 valence electrons. The van der Waals surface area contributed by atoms with Gasteiger partial charge in [0.1, 0.15) is 17.3 Å². The highest BCUT2D eigenvalue weighted by atomic mass is 16.5. The summed E-state index contributed by atoms with van der Waals surface area (Å²) in [5, 5.41) is 2.34. The molecule has 0 saturated heterocycles. The lowest BCUT2D eigenvalue weighted by Crippen LogP contribution is -2.32. The molecule has 0 saturated carbocycles. The molecule has 6 aromatic carbocycles. The van der Waals surface area contributed by atoms with E-state index in [0.29, 0.717) is 0 Å². The van der Waals surface area contributed by atoms with Gasteiger partial charge >= 0.3 is 0 Å². The van der Waals surface area contributed by atoms with Crippen LogP contribution in [0, 0.1) is 20.2 Å². The van der Waals surface area contributed by atoms with Crippen molar-refractivity contribution in [1.82, 2.24) is 14.1 Å². The van der Waals surface area contributed by atoms with Gasteiger partial charge in [0.2, 0.25) is 0 Å². The first-order valence-corrected chi connectivity index (χ1v) is 18.8. The summed E-state index contributed by atoms with van der Waals surface area (Å²) in [5.41, 5.74) is 12.3. The van der Waals surface area contributed by atoms with Crippen LogP contribution in [0.15, 0.2) is 164 Å². The third-order valence-corrected chi connectivity index (χ3v) is 10.6. The summed E-state index contributed by atoms with van der Waals surface area (Å²) in [5.74, 6) is 2.40. The molecule has 0 aliphatic rings. The average molecular weight is 715 g/mol. The Balaban J connectivity index is 1.09. The van der Waals surface area contributed by atoms with E-state index < -0.39 is 0 Å². The number of hydrogen-bond donors (Lipinski definition) is 0. The van der Waals surface area contributed by atoms with Crippen LogP contribution in [0.3, 0.4) is 0 Å². The number of hydrogen-bond acceptors (Lipinski definition) is 2. The average Bonchev–Trinajstić information content (AvgIpc) is 3.71. The van der Waals surface area contributed by atoms with E-state index >= 15 is 0 Å². The first kappa shape index (κ1) is 34.1. The number of para-hydroxylation sites is 1. The Morgan fingerprint density at radius 2 is 1.24 bits per heavy atom. The van der Waals surface area contributed by atoms with Crippen LogP contribution in [-0.4, -0.2) is 14.1 Å². The van der Waals surface area contributed by atoms with Crippen molar-refractivity contribution in [3.63, 3.8) is 0 Å². The van der Waals surface area contributed by atoms with Gasteiger partial charge in [-0.3, -0.25) is 13.7 Å². The maximum Gasteiger partial charge on any atom is 0.269 e. The highest BCUT2D eigenvalue weighted by molar-refractivity contribution is 6.09. The predicted molar refractivity (Wildman–Crippen MR) is 224 cm³/mol. The minimum Gasteiger partial charge on any atom is -0.458 e. The lowest BCUT2D eigenvalue weighted by Gasteiger charge is -2.20. The molecule has 0 unspecified atom stereocenters. The molecular weight excluding hydrogens is 673 g/mol. The monoisotopic (exact) mass is 714 g/mol. The minimum absolute atomic E-state index is 0.000349. The Hall–Kier alpha value is -6.72. The van der Waals surface area contributed by atoms with Crippen molar-refractivity contribution in [2.75, 3.05) is 0 Å². The summed E-state index contributed by atoms with van der Waals surface area (Å²) >= 11 is 0. The Kier molecular flexibility index (Phi) is 8.43. The van der Waals surface area contributed by atoms with Crippen LogP contribution in [0.5, 0.6) is 11.5 Å². The Morgan fingerprint density at radius 1 is 0.582 bits per heavy atom. The molecule has 0 aliphatic carbocycles. The van der Waals surface area contributed by atoms with Gasteiger partial charge in [0.15, 0.2) is 0 Å². The molecular formula is C50H42N4O. The maximum absolute atomic E-state index is 6.64. The van der Waals surface area contributed by atoms with Gasteiger partial charge in [-0.25, -0.2) is 4.98 Å². The van der Waals surface area contributed by atoms with Gasteiger partial charge in [-0.1, -0.05) is 106 Å². The fourth-order valence-electron chi connectivity index (χ4n) is 7.50. The molecule has 9 aromatic rings. The van der Waals surface area contributed by atoms with E-state index in [0.717, 1.165) is 67.6 Å². The van der Waals surface area contributed by atoms with Gasteiger partial charge in [0, 0.05) is 23.0 Å². The zero-order valence-corrected chi connectivity index (χ0v) is 31.8. The summed E-state index contributed by atoms with van der Waals surface area (Å²) < 4.78 is 13.2. The molecule has 3 aromatic heterocycles. The van der Waals surface area contributed by atoms with Crippen LogP contribution >= 0.6 is 0 Å². The lowest BCUT2D eigenvalue weighted by atomic mass is 9.88. The SMILES string of the molecule is Cc1c(C)[n+](-c2cc(-c3ccccc3)cc(-c3ccccc3)c2)[c-]n1-c1cccc(Oc2ccc3c4ccccc4n(-c4cc(C(C)(C)C)ccn4)c3c2)c1. The molecule has 0 fully saturated rings. The van der Waals surface area contributed by atoms with Crippen LogP contribution in [0.2, 0.25) is 0 Å². The van der Waals surface area contributed by atoms with Crippen molar-refractivity contribution in [2.24, 2.45) is 0 Å². The van der Waals surface area contributed by atoms with Crippen molar-refractivity contribution in [3.8, 4) is 50.9 Å². The first-order chi connectivity index (χ1) is 26.7. The summed E-state index contributed by atoms with van der Waals surface area (Å²) in [7, 11) is 0. The number of imidazole rings is 1. The summed E-state index contributed by atoms with van der Waals surface area (Å²) in [6.07, 6.45) is 5.59. The normalized spacial score (nSPS) is 11.7. The van der Waals surface area contributed by atoms with Crippen molar-refractivity contribution in [1.29, 1.82) is 0 Å². The van der Waals surface area contributed by atoms with E-state index in [2.05, 4.69) is 200 Å². The number of rotatable bonds is 7. The highest BCUT2D eigenvalue weighted by Crippen LogP contribution is 2.36. The first-order valence-electron chi connectivity index (χ1n) is 18.8. The second-order valence-corrected chi connectivity index (χ2v) is 15.2. The number of nitrogens with zero attached hydrogens (tertiary/aromatic N) is 4. The quantitative estimate of drug-likeness (QED) is 0.122. The van der Waals surface area contributed by atoms with E-state index in [1.54, 1.807) is 0 Å². The fraction of sp³-hybridized carbons (Fsp3) is 0.120. The van der Waals surface area contributed by atoms with E-state index in [1.807, 2.05) is 18.3 Å². The molecule has 9 rings (SSSR count). The van der Waals surface area contributed by atoms with Crippen LogP contribution < -0.4 is 9.30 Å². The number of benzene rings is 6. The van der Waals surface area contributed by atoms with Crippen molar-refractivity contribution < 1.29 is 9.30 Å². The lowest BCUT2D eigenvalue weighted by molar-refractivity contribution is -0.606. The molecule has 0 bridgehead atoms. The van der Waals surface area contributed by atoms with Gasteiger partial charge in [0.25, 0.3) is 6.33 Å². The Labute approximate surface area is 322 Å². The van der Waals surface area contributed by atoms with E-state index in [-0.39, 0.29) is 5.41 Å². The molecule has 5 nitrogen and oxygen atoms in total. The molecule has 0 radical (unpaired) electrons. The molecule has 0 N–H and O–H groups in total. The summed E-state index contributed by atoms with van der Waals surface area (Å²) in [4.78, 5) is 4.85. The highest BCUT2D eigenvalue weighted by Gasteiger charge is 2.19. The predicted octanol–water partition coefficient (Wildman–Crippen LogP) is 12.1. The second-order valence-electron chi connectivity index (χ2n) is 15.2. The summed E-state index contributed by atoms with van der Waals surface area (Å²) in [6.45, 7) is 11.0. The molecule has 0 atom stereocenters. The molecule has 0 amide bonds. The standard InChI is InChI=1S/C50H42N4O/c1-34-35(2)53(42-28-38(36-15-8-6-9-16-36)27-39(29-42)37-17-10-7-11-18-37)33-52(34)41-19-14-20-43(31-41)55-44-23-24-46-45-21-12-13-22-47(45)54(48(46)32-44)49-30-40(25-26-51-49)50(3,4)5/h6-32H,1-5H3. The number of pyridine rings is 1. The van der Waals surface area contributed by atoms with Gasteiger partial charge < -0.3 is 4.74 Å². The molecule has 0 spiro atoms. The van der Waals surface area contributed by atoms with Crippen molar-refractivity contribution >= 4 is 21.8 Å². The second kappa shape index (κ2) is 13.6. The van der Waals surface area contributed by atoms with E-state index in [1.165, 1.54) is 22.1 Å². The third-order valence-electron chi connectivity index (χ3n) is 10.6. The van der Waals surface area contributed by atoms with Crippen LogP contribution in [0.1, 0.15) is 37.7 Å². The molecule has 3 heterocycles. The van der Waals surface area contributed by atoms with E-state index in [9.17, 15) is 0 Å².